The number of hydrogen-bond acceptors (Lipinski definition) is 3. The topological polar surface area (TPSA) is 30.2 Å². The van der Waals surface area contributed by atoms with Crippen LogP contribution in [-0.2, 0) is 0 Å². The van der Waals surface area contributed by atoms with Gasteiger partial charge in [-0.15, -0.1) is 0 Å². The lowest BCUT2D eigenvalue weighted by Gasteiger charge is -1.94. The smallest absolute Gasteiger partial charge is 0.195 e. The third-order valence-corrected chi connectivity index (χ3v) is 4.29. The molecular weight excluding hydrogens is 298 g/mol. The van der Waals surface area contributed by atoms with Crippen molar-refractivity contribution in [1.29, 1.82) is 0 Å². The Kier molecular flexibility index (Phi) is 1.84. The van der Waals surface area contributed by atoms with Crippen molar-refractivity contribution in [3.05, 3.63) is 41.1 Å². The average molecular weight is 304 g/mol. The lowest BCUT2D eigenvalue weighted by atomic mass is 10.3. The van der Waals surface area contributed by atoms with Gasteiger partial charge in [0, 0.05) is 10.7 Å². The van der Waals surface area contributed by atoms with E-state index in [4.69, 9.17) is 0 Å². The first kappa shape index (κ1) is 9.56. The van der Waals surface area contributed by atoms with Crippen LogP contribution in [-0.4, -0.2) is 14.4 Å². The van der Waals surface area contributed by atoms with Crippen molar-refractivity contribution >= 4 is 53.5 Å². The molecular formula is C12H6BrN3S. The van der Waals surface area contributed by atoms with E-state index in [2.05, 4.69) is 48.5 Å². The van der Waals surface area contributed by atoms with Crippen molar-refractivity contribution in [1.82, 2.24) is 14.4 Å². The first-order valence-corrected chi connectivity index (χ1v) is 6.74. The van der Waals surface area contributed by atoms with E-state index >= 15 is 0 Å². The monoisotopic (exact) mass is 303 g/mol. The molecule has 0 aliphatic carbocycles. The summed E-state index contributed by atoms with van der Waals surface area (Å²) in [6, 6.07) is 8.23. The van der Waals surface area contributed by atoms with Gasteiger partial charge in [0.05, 0.1) is 27.4 Å². The van der Waals surface area contributed by atoms with Gasteiger partial charge >= 0.3 is 0 Å². The van der Waals surface area contributed by atoms with E-state index in [1.54, 1.807) is 17.5 Å². The molecule has 0 aliphatic heterocycles. The van der Waals surface area contributed by atoms with Gasteiger partial charge in [-0.2, -0.15) is 0 Å². The van der Waals surface area contributed by atoms with Crippen LogP contribution in [0, 0.1) is 0 Å². The summed E-state index contributed by atoms with van der Waals surface area (Å²) < 4.78 is 4.49. The molecule has 0 fully saturated rings. The van der Waals surface area contributed by atoms with E-state index in [1.165, 1.54) is 10.2 Å². The summed E-state index contributed by atoms with van der Waals surface area (Å²) in [5.74, 6) is 0. The fraction of sp³-hybridized carbons (Fsp3) is 0. The van der Waals surface area contributed by atoms with Crippen LogP contribution in [0.1, 0.15) is 0 Å². The van der Waals surface area contributed by atoms with Crippen LogP contribution in [0.2, 0.25) is 0 Å². The van der Waals surface area contributed by atoms with Gasteiger partial charge in [-0.1, -0.05) is 27.3 Å². The third-order valence-electron chi connectivity index (χ3n) is 2.79. The Labute approximate surface area is 109 Å². The minimum absolute atomic E-state index is 0.996. The molecule has 0 atom stereocenters. The van der Waals surface area contributed by atoms with Crippen molar-refractivity contribution < 1.29 is 0 Å². The van der Waals surface area contributed by atoms with Crippen LogP contribution < -0.4 is 0 Å². The Morgan fingerprint density at radius 3 is 3.06 bits per heavy atom. The normalized spacial score (nSPS) is 11.8. The Hall–Kier alpha value is -1.46. The van der Waals surface area contributed by atoms with Gasteiger partial charge in [-0.3, -0.25) is 9.38 Å². The van der Waals surface area contributed by atoms with Gasteiger partial charge in [-0.25, -0.2) is 4.98 Å². The van der Waals surface area contributed by atoms with E-state index in [1.807, 2.05) is 12.3 Å². The summed E-state index contributed by atoms with van der Waals surface area (Å²) >= 11 is 5.19. The summed E-state index contributed by atoms with van der Waals surface area (Å²) in [5.41, 5.74) is 3.25. The maximum Gasteiger partial charge on any atom is 0.195 e. The van der Waals surface area contributed by atoms with Crippen molar-refractivity contribution in [2.24, 2.45) is 0 Å². The molecule has 0 unspecified atom stereocenters. The fourth-order valence-corrected chi connectivity index (χ4v) is 3.65. The Morgan fingerprint density at radius 2 is 2.12 bits per heavy atom. The second-order valence-corrected chi connectivity index (χ2v) is 5.73. The molecule has 0 bridgehead atoms. The van der Waals surface area contributed by atoms with E-state index in [0.717, 1.165) is 20.5 Å². The molecule has 5 heteroatoms. The quantitative estimate of drug-likeness (QED) is 0.494. The standard InChI is InChI=1S/C12H6BrN3S/c13-7-1-2-9-11(5-7)17-12-15-8-3-4-14-6-10(8)16(9)12/h1-6H. The Morgan fingerprint density at radius 1 is 1.18 bits per heavy atom. The SMILES string of the molecule is Brc1ccc2c(c1)sc1nc3ccncc3n12. The molecule has 1 aromatic carbocycles. The van der Waals surface area contributed by atoms with Crippen LogP contribution in [0.15, 0.2) is 41.1 Å². The maximum absolute atomic E-state index is 4.61. The van der Waals surface area contributed by atoms with Crippen molar-refractivity contribution in [3.8, 4) is 0 Å². The molecule has 0 amide bonds. The summed E-state index contributed by atoms with van der Waals surface area (Å²) in [4.78, 5) is 9.80. The summed E-state index contributed by atoms with van der Waals surface area (Å²) in [5, 5.41) is 0. The first-order valence-electron chi connectivity index (χ1n) is 5.13. The molecule has 4 rings (SSSR count). The summed E-state index contributed by atoms with van der Waals surface area (Å²) in [7, 11) is 0. The second-order valence-electron chi connectivity index (χ2n) is 3.81. The molecule has 82 valence electrons. The molecule has 0 saturated heterocycles. The summed E-state index contributed by atoms with van der Waals surface area (Å²) in [6.07, 6.45) is 3.64. The van der Waals surface area contributed by atoms with Crippen molar-refractivity contribution in [2.75, 3.05) is 0 Å². The number of nitrogens with zero attached hydrogens (tertiary/aromatic N) is 3. The van der Waals surface area contributed by atoms with Crippen LogP contribution in [0.25, 0.3) is 26.2 Å². The van der Waals surface area contributed by atoms with Gasteiger partial charge in [0.1, 0.15) is 0 Å². The highest BCUT2D eigenvalue weighted by molar-refractivity contribution is 9.10. The Balaban J connectivity index is 2.31. The molecule has 17 heavy (non-hydrogen) atoms. The van der Waals surface area contributed by atoms with Gasteiger partial charge in [0.15, 0.2) is 4.96 Å². The van der Waals surface area contributed by atoms with Crippen LogP contribution >= 0.6 is 27.3 Å². The predicted molar refractivity (Wildman–Crippen MR) is 73.6 cm³/mol. The fourth-order valence-electron chi connectivity index (χ4n) is 2.06. The third kappa shape index (κ3) is 1.26. The average Bonchev–Trinajstić information content (AvgIpc) is 2.83. The molecule has 4 aromatic rings. The largest absolute Gasteiger partial charge is 0.281 e. The van der Waals surface area contributed by atoms with Gasteiger partial charge in [0.2, 0.25) is 0 Å². The highest BCUT2D eigenvalue weighted by Crippen LogP contribution is 2.31. The lowest BCUT2D eigenvalue weighted by Crippen LogP contribution is -1.80. The van der Waals surface area contributed by atoms with Crippen LogP contribution in [0.3, 0.4) is 0 Å². The van der Waals surface area contributed by atoms with Crippen LogP contribution in [0.4, 0.5) is 0 Å². The first-order chi connectivity index (χ1) is 8.33. The van der Waals surface area contributed by atoms with Gasteiger partial charge in [-0.05, 0) is 24.3 Å². The van der Waals surface area contributed by atoms with Crippen LogP contribution in [0.5, 0.6) is 0 Å². The zero-order valence-corrected chi connectivity index (χ0v) is 11.0. The molecule has 0 aliphatic rings. The number of rotatable bonds is 0. The predicted octanol–water partition coefficient (Wildman–Crippen LogP) is 3.86. The minimum Gasteiger partial charge on any atom is -0.281 e. The number of aromatic nitrogens is 3. The number of thiazole rings is 1. The van der Waals surface area contributed by atoms with E-state index < -0.39 is 0 Å². The number of hydrogen-bond donors (Lipinski definition) is 0. The molecule has 0 spiro atoms. The van der Waals surface area contributed by atoms with Crippen molar-refractivity contribution in [2.45, 2.75) is 0 Å². The van der Waals surface area contributed by atoms with Gasteiger partial charge < -0.3 is 0 Å². The molecule has 0 saturated carbocycles. The molecule has 0 N–H and O–H groups in total. The minimum atomic E-state index is 0.996. The lowest BCUT2D eigenvalue weighted by molar-refractivity contribution is 1.30. The zero-order chi connectivity index (χ0) is 11.4. The number of fused-ring (bicyclic) bond motifs is 5. The molecule has 3 aromatic heterocycles. The van der Waals surface area contributed by atoms with E-state index in [0.29, 0.717) is 0 Å². The van der Waals surface area contributed by atoms with E-state index in [9.17, 15) is 0 Å². The molecule has 0 radical (unpaired) electrons. The number of imidazole rings is 1. The number of benzene rings is 1. The Bertz CT molecular complexity index is 862. The zero-order valence-electron chi connectivity index (χ0n) is 8.59. The number of halogens is 1. The second kappa shape index (κ2) is 3.27. The van der Waals surface area contributed by atoms with E-state index in [-0.39, 0.29) is 0 Å². The molecule has 3 heterocycles. The highest BCUT2D eigenvalue weighted by atomic mass is 79.9. The molecule has 3 nitrogen and oxygen atoms in total. The van der Waals surface area contributed by atoms with Gasteiger partial charge in [0.25, 0.3) is 0 Å². The summed E-state index contributed by atoms with van der Waals surface area (Å²) in [6.45, 7) is 0. The highest BCUT2D eigenvalue weighted by Gasteiger charge is 2.10. The van der Waals surface area contributed by atoms with Crippen molar-refractivity contribution in [3.63, 3.8) is 0 Å². The number of pyridine rings is 1. The maximum atomic E-state index is 4.61.